The molecule has 0 saturated heterocycles. The van der Waals surface area contributed by atoms with Gasteiger partial charge in [0, 0.05) is 20.0 Å². The van der Waals surface area contributed by atoms with Crippen LogP contribution in [0, 0.1) is 6.92 Å². The Hall–Kier alpha value is -2.88. The van der Waals surface area contributed by atoms with E-state index in [-0.39, 0.29) is 24.2 Å². The van der Waals surface area contributed by atoms with Crippen molar-refractivity contribution in [2.75, 3.05) is 13.6 Å². The summed E-state index contributed by atoms with van der Waals surface area (Å²) < 4.78 is 48.6. The van der Waals surface area contributed by atoms with Crippen LogP contribution in [0.25, 0.3) is 0 Å². The first-order valence-electron chi connectivity index (χ1n) is 8.65. The lowest BCUT2D eigenvalue weighted by Crippen LogP contribution is -2.28. The van der Waals surface area contributed by atoms with Crippen LogP contribution in [0.15, 0.2) is 40.2 Å². The van der Waals surface area contributed by atoms with Crippen molar-refractivity contribution in [2.45, 2.75) is 26.1 Å². The topological polar surface area (TPSA) is 68.5 Å². The minimum atomic E-state index is -4.44. The molecule has 2 heterocycles. The van der Waals surface area contributed by atoms with Crippen LogP contribution in [0.4, 0.5) is 13.2 Å². The maximum Gasteiger partial charge on any atom is 0.416 e. The first-order chi connectivity index (χ1) is 13.7. The minimum absolute atomic E-state index is 0.0521. The molecular weight excluding hydrogens is 407 g/mol. The molecule has 0 radical (unpaired) electrons. The summed E-state index contributed by atoms with van der Waals surface area (Å²) in [4.78, 5) is 18.8. The van der Waals surface area contributed by atoms with E-state index in [1.165, 1.54) is 23.5 Å². The van der Waals surface area contributed by atoms with Gasteiger partial charge in [-0.3, -0.25) is 4.79 Å². The lowest BCUT2D eigenvalue weighted by Gasteiger charge is -2.15. The lowest BCUT2D eigenvalue weighted by molar-refractivity contribution is -0.137. The zero-order chi connectivity index (χ0) is 21.0. The monoisotopic (exact) mass is 425 g/mol. The van der Waals surface area contributed by atoms with Crippen LogP contribution >= 0.6 is 11.3 Å². The normalized spacial score (nSPS) is 11.5. The highest BCUT2D eigenvalue weighted by atomic mass is 32.1. The number of benzene rings is 1. The summed E-state index contributed by atoms with van der Waals surface area (Å²) in [7, 11) is 1.69. The zero-order valence-electron chi connectivity index (χ0n) is 15.7. The number of aryl methyl sites for hydroxylation is 1. The third-order valence-electron chi connectivity index (χ3n) is 4.11. The summed E-state index contributed by atoms with van der Waals surface area (Å²) in [6.07, 6.45) is -4.07. The molecule has 0 atom stereocenters. The van der Waals surface area contributed by atoms with E-state index >= 15 is 0 Å². The number of hydrogen-bond acceptors (Lipinski definition) is 6. The van der Waals surface area contributed by atoms with E-state index in [2.05, 4.69) is 10.1 Å². The molecule has 0 bridgehead atoms. The summed E-state index contributed by atoms with van der Waals surface area (Å²) in [6, 6.07) is 6.44. The standard InChI is InChI=1S/C19H18F3N3O3S/c1-12-7-9-29-17(12)18(26)25(2)8-6-15-23-16(28-24-15)11-27-14-5-3-4-13(10-14)19(20,21)22/h3-5,7,9-10H,6,8,11H2,1-2H3. The summed E-state index contributed by atoms with van der Waals surface area (Å²) in [5.41, 5.74) is 0.135. The SMILES string of the molecule is Cc1ccsc1C(=O)N(C)CCc1noc(COc2cccc(C(F)(F)F)c2)n1. The number of likely N-dealkylation sites (N-methyl/N-ethyl adjacent to an activating group) is 1. The van der Waals surface area contributed by atoms with Crippen molar-refractivity contribution in [2.24, 2.45) is 0 Å². The largest absolute Gasteiger partial charge is 0.484 e. The third-order valence-corrected chi connectivity index (χ3v) is 5.11. The number of thiophene rings is 1. The minimum Gasteiger partial charge on any atom is -0.484 e. The van der Waals surface area contributed by atoms with Gasteiger partial charge in [0.25, 0.3) is 11.8 Å². The maximum absolute atomic E-state index is 12.7. The Morgan fingerprint density at radius 2 is 2.10 bits per heavy atom. The fraction of sp³-hybridized carbons (Fsp3) is 0.316. The molecule has 0 unspecified atom stereocenters. The van der Waals surface area contributed by atoms with Gasteiger partial charge >= 0.3 is 6.18 Å². The molecule has 154 valence electrons. The van der Waals surface area contributed by atoms with E-state index in [9.17, 15) is 18.0 Å². The van der Waals surface area contributed by atoms with E-state index in [4.69, 9.17) is 9.26 Å². The summed E-state index contributed by atoms with van der Waals surface area (Å²) in [5, 5.41) is 5.68. The quantitative estimate of drug-likeness (QED) is 0.563. The second kappa shape index (κ2) is 8.64. The highest BCUT2D eigenvalue weighted by molar-refractivity contribution is 7.12. The number of amides is 1. The van der Waals surface area contributed by atoms with Crippen LogP contribution in [0.2, 0.25) is 0 Å². The Labute approximate surface area is 168 Å². The van der Waals surface area contributed by atoms with Crippen molar-refractivity contribution in [1.29, 1.82) is 0 Å². The molecule has 2 aromatic heterocycles. The molecule has 0 saturated carbocycles. The number of alkyl halides is 3. The third kappa shape index (κ3) is 5.35. The van der Waals surface area contributed by atoms with E-state index < -0.39 is 11.7 Å². The first kappa shape index (κ1) is 20.8. The maximum atomic E-state index is 12.7. The predicted octanol–water partition coefficient (Wildman–Crippen LogP) is 4.35. The molecule has 0 spiro atoms. The highest BCUT2D eigenvalue weighted by Gasteiger charge is 2.30. The van der Waals surface area contributed by atoms with Crippen LogP contribution in [-0.2, 0) is 19.2 Å². The van der Waals surface area contributed by atoms with Crippen LogP contribution in [0.3, 0.4) is 0 Å². The zero-order valence-corrected chi connectivity index (χ0v) is 16.5. The van der Waals surface area contributed by atoms with Crippen molar-refractivity contribution >= 4 is 17.2 Å². The van der Waals surface area contributed by atoms with Gasteiger partial charge in [-0.2, -0.15) is 18.2 Å². The van der Waals surface area contributed by atoms with E-state index in [1.807, 2.05) is 18.4 Å². The van der Waals surface area contributed by atoms with Crippen molar-refractivity contribution in [3.05, 3.63) is 63.4 Å². The molecule has 0 aliphatic carbocycles. The Kier molecular flexibility index (Phi) is 6.21. The molecule has 0 aliphatic rings. The molecule has 6 nitrogen and oxygen atoms in total. The molecule has 3 rings (SSSR count). The Morgan fingerprint density at radius 1 is 1.31 bits per heavy atom. The Bertz CT molecular complexity index is 984. The predicted molar refractivity (Wildman–Crippen MR) is 99.8 cm³/mol. The lowest BCUT2D eigenvalue weighted by atomic mass is 10.2. The van der Waals surface area contributed by atoms with Gasteiger partial charge in [0.2, 0.25) is 0 Å². The van der Waals surface area contributed by atoms with Crippen LogP contribution in [0.1, 0.15) is 32.5 Å². The number of halogens is 3. The molecule has 0 fully saturated rings. The van der Waals surface area contributed by atoms with Crippen LogP contribution in [0.5, 0.6) is 5.75 Å². The number of carbonyl (C=O) groups is 1. The molecule has 29 heavy (non-hydrogen) atoms. The number of ether oxygens (including phenoxy) is 1. The van der Waals surface area contributed by atoms with Crippen molar-refractivity contribution in [1.82, 2.24) is 15.0 Å². The van der Waals surface area contributed by atoms with Gasteiger partial charge < -0.3 is 14.2 Å². The van der Waals surface area contributed by atoms with E-state index in [1.54, 1.807) is 11.9 Å². The smallest absolute Gasteiger partial charge is 0.416 e. The number of nitrogens with zero attached hydrogens (tertiary/aromatic N) is 3. The molecule has 0 aliphatic heterocycles. The molecule has 1 aromatic carbocycles. The molecular formula is C19H18F3N3O3S. The first-order valence-corrected chi connectivity index (χ1v) is 9.53. The van der Waals surface area contributed by atoms with Gasteiger partial charge in [0.05, 0.1) is 10.4 Å². The molecule has 3 aromatic rings. The van der Waals surface area contributed by atoms with Gasteiger partial charge in [-0.15, -0.1) is 11.3 Å². The fourth-order valence-electron chi connectivity index (χ4n) is 2.49. The van der Waals surface area contributed by atoms with Gasteiger partial charge in [-0.05, 0) is 42.1 Å². The van der Waals surface area contributed by atoms with Crippen molar-refractivity contribution in [3.63, 3.8) is 0 Å². The summed E-state index contributed by atoms with van der Waals surface area (Å²) in [5.74, 6) is 0.501. The second-order valence-corrected chi connectivity index (χ2v) is 7.24. The molecule has 0 N–H and O–H groups in total. The fourth-order valence-corrected chi connectivity index (χ4v) is 3.41. The van der Waals surface area contributed by atoms with Crippen LogP contribution < -0.4 is 4.74 Å². The average Bonchev–Trinajstić information content (AvgIpc) is 3.32. The van der Waals surface area contributed by atoms with Crippen molar-refractivity contribution in [3.8, 4) is 5.75 Å². The molecule has 1 amide bonds. The van der Waals surface area contributed by atoms with Gasteiger partial charge in [-0.25, -0.2) is 0 Å². The van der Waals surface area contributed by atoms with Crippen molar-refractivity contribution < 1.29 is 27.2 Å². The van der Waals surface area contributed by atoms with Gasteiger partial charge in [0.15, 0.2) is 12.4 Å². The highest BCUT2D eigenvalue weighted by Crippen LogP contribution is 2.31. The second-order valence-electron chi connectivity index (χ2n) is 6.33. The summed E-state index contributed by atoms with van der Waals surface area (Å²) in [6.45, 7) is 2.12. The number of aromatic nitrogens is 2. The van der Waals surface area contributed by atoms with E-state index in [0.717, 1.165) is 17.7 Å². The summed E-state index contributed by atoms with van der Waals surface area (Å²) >= 11 is 1.39. The van der Waals surface area contributed by atoms with E-state index in [0.29, 0.717) is 23.7 Å². The molecule has 10 heteroatoms. The Balaban J connectivity index is 1.52. The number of rotatable bonds is 7. The number of hydrogen-bond donors (Lipinski definition) is 0. The number of carbonyl (C=O) groups excluding carboxylic acids is 1. The van der Waals surface area contributed by atoms with Gasteiger partial charge in [0.1, 0.15) is 5.75 Å². The average molecular weight is 425 g/mol. The van der Waals surface area contributed by atoms with Gasteiger partial charge in [-0.1, -0.05) is 11.2 Å². The van der Waals surface area contributed by atoms with Crippen LogP contribution in [-0.4, -0.2) is 34.5 Å². The Morgan fingerprint density at radius 3 is 2.79 bits per heavy atom.